The lowest BCUT2D eigenvalue weighted by Crippen LogP contribution is -2.01. The van der Waals surface area contributed by atoms with E-state index in [0.29, 0.717) is 5.69 Å². The number of benzene rings is 1. The van der Waals surface area contributed by atoms with Crippen LogP contribution in [0.3, 0.4) is 0 Å². The van der Waals surface area contributed by atoms with Gasteiger partial charge in [0, 0.05) is 0 Å². The maximum atomic E-state index is 13.5. The van der Waals surface area contributed by atoms with E-state index < -0.39 is 5.82 Å². The van der Waals surface area contributed by atoms with E-state index >= 15 is 0 Å². The zero-order valence-corrected chi connectivity index (χ0v) is 10.1. The van der Waals surface area contributed by atoms with Crippen LogP contribution in [0.5, 0.6) is 0 Å². The molecule has 1 heterocycles. The summed E-state index contributed by atoms with van der Waals surface area (Å²) in [6.07, 6.45) is 0. The van der Waals surface area contributed by atoms with E-state index in [2.05, 4.69) is 10.3 Å². The minimum absolute atomic E-state index is 0.121. The number of para-hydroxylation sites is 1. The van der Waals surface area contributed by atoms with Gasteiger partial charge in [0.1, 0.15) is 11.0 Å². The van der Waals surface area contributed by atoms with Crippen LogP contribution in [-0.2, 0) is 0 Å². The highest BCUT2D eigenvalue weighted by molar-refractivity contribution is 6.33. The standard InChI is InChI=1S/C11H8Cl2FN3/c12-6-2-1-3-7(14)10(6)17-11-8(15)4-5-9(13)16-11/h1-5H,15H2,(H,16,17). The van der Waals surface area contributed by atoms with Gasteiger partial charge in [0.25, 0.3) is 0 Å². The summed E-state index contributed by atoms with van der Waals surface area (Å²) in [5.41, 5.74) is 6.16. The molecule has 6 heteroatoms. The highest BCUT2D eigenvalue weighted by atomic mass is 35.5. The Kier molecular flexibility index (Phi) is 3.36. The number of pyridine rings is 1. The Hall–Kier alpha value is -1.52. The average Bonchev–Trinajstić information content (AvgIpc) is 2.28. The second-order valence-electron chi connectivity index (χ2n) is 3.29. The van der Waals surface area contributed by atoms with Gasteiger partial charge in [0.2, 0.25) is 0 Å². The third-order valence-corrected chi connectivity index (χ3v) is 2.62. The number of aromatic nitrogens is 1. The Morgan fingerprint density at radius 1 is 1.18 bits per heavy atom. The lowest BCUT2D eigenvalue weighted by molar-refractivity contribution is 0.632. The van der Waals surface area contributed by atoms with Gasteiger partial charge >= 0.3 is 0 Å². The van der Waals surface area contributed by atoms with Gasteiger partial charge in [0.05, 0.1) is 16.4 Å². The predicted octanol–water partition coefficient (Wildman–Crippen LogP) is 3.85. The molecular weight excluding hydrogens is 264 g/mol. The summed E-state index contributed by atoms with van der Waals surface area (Å²) < 4.78 is 13.5. The zero-order chi connectivity index (χ0) is 12.4. The second-order valence-corrected chi connectivity index (χ2v) is 4.09. The van der Waals surface area contributed by atoms with Crippen molar-refractivity contribution < 1.29 is 4.39 Å². The van der Waals surface area contributed by atoms with Gasteiger partial charge in [-0.1, -0.05) is 29.3 Å². The van der Waals surface area contributed by atoms with Crippen molar-refractivity contribution in [3.63, 3.8) is 0 Å². The summed E-state index contributed by atoms with van der Waals surface area (Å²) in [6, 6.07) is 7.48. The molecule has 0 radical (unpaired) electrons. The van der Waals surface area contributed by atoms with E-state index in [1.165, 1.54) is 12.1 Å². The Labute approximate surface area is 107 Å². The van der Waals surface area contributed by atoms with Crippen molar-refractivity contribution in [1.29, 1.82) is 0 Å². The molecule has 3 N–H and O–H groups in total. The van der Waals surface area contributed by atoms with Gasteiger partial charge in [-0.05, 0) is 24.3 Å². The Morgan fingerprint density at radius 3 is 2.65 bits per heavy atom. The van der Waals surface area contributed by atoms with Crippen LogP contribution in [0.2, 0.25) is 10.2 Å². The first kappa shape index (κ1) is 12.0. The molecule has 0 unspecified atom stereocenters. The fourth-order valence-corrected chi connectivity index (χ4v) is 1.64. The molecule has 0 saturated heterocycles. The number of rotatable bonds is 2. The molecule has 0 atom stereocenters. The van der Waals surface area contributed by atoms with Crippen LogP contribution < -0.4 is 11.1 Å². The lowest BCUT2D eigenvalue weighted by atomic mass is 10.3. The molecule has 1 aromatic heterocycles. The second kappa shape index (κ2) is 4.77. The molecule has 17 heavy (non-hydrogen) atoms. The summed E-state index contributed by atoms with van der Waals surface area (Å²) in [4.78, 5) is 3.95. The van der Waals surface area contributed by atoms with Crippen LogP contribution in [0.15, 0.2) is 30.3 Å². The first-order valence-corrected chi connectivity index (χ1v) is 5.46. The predicted molar refractivity (Wildman–Crippen MR) is 68.4 cm³/mol. The van der Waals surface area contributed by atoms with Gasteiger partial charge < -0.3 is 11.1 Å². The van der Waals surface area contributed by atoms with Crippen LogP contribution in [0.1, 0.15) is 0 Å². The third kappa shape index (κ3) is 2.60. The van der Waals surface area contributed by atoms with E-state index in [1.54, 1.807) is 18.2 Å². The van der Waals surface area contributed by atoms with Crippen molar-refractivity contribution in [3.8, 4) is 0 Å². The largest absolute Gasteiger partial charge is 0.396 e. The van der Waals surface area contributed by atoms with Crippen molar-refractivity contribution in [2.45, 2.75) is 0 Å². The molecule has 0 bridgehead atoms. The first-order chi connectivity index (χ1) is 8.08. The molecule has 0 aliphatic carbocycles. The number of hydrogen-bond donors (Lipinski definition) is 2. The number of anilines is 3. The SMILES string of the molecule is Nc1ccc(Cl)nc1Nc1c(F)cccc1Cl. The molecule has 2 rings (SSSR count). The molecule has 0 spiro atoms. The number of nitrogens with two attached hydrogens (primary N) is 1. The normalized spacial score (nSPS) is 10.3. The summed E-state index contributed by atoms with van der Waals surface area (Å²) in [6.45, 7) is 0. The monoisotopic (exact) mass is 271 g/mol. The van der Waals surface area contributed by atoms with Crippen molar-refractivity contribution in [1.82, 2.24) is 4.98 Å². The van der Waals surface area contributed by atoms with E-state index in [9.17, 15) is 4.39 Å². The molecular formula is C11H8Cl2FN3. The lowest BCUT2D eigenvalue weighted by Gasteiger charge is -2.10. The summed E-state index contributed by atoms with van der Waals surface area (Å²) in [7, 11) is 0. The molecule has 0 saturated carbocycles. The Bertz CT molecular complexity index is 540. The van der Waals surface area contributed by atoms with Crippen molar-refractivity contribution in [2.24, 2.45) is 0 Å². The number of nitrogens with zero attached hydrogens (tertiary/aromatic N) is 1. The number of hydrogen-bond acceptors (Lipinski definition) is 3. The molecule has 2 aromatic rings. The average molecular weight is 272 g/mol. The van der Waals surface area contributed by atoms with Crippen LogP contribution in [-0.4, -0.2) is 4.98 Å². The molecule has 1 aromatic carbocycles. The van der Waals surface area contributed by atoms with Crippen LogP contribution >= 0.6 is 23.2 Å². The molecule has 0 aliphatic rings. The minimum Gasteiger partial charge on any atom is -0.396 e. The Morgan fingerprint density at radius 2 is 1.94 bits per heavy atom. The van der Waals surface area contributed by atoms with Crippen LogP contribution in [0.4, 0.5) is 21.6 Å². The number of nitrogens with one attached hydrogen (secondary N) is 1. The molecule has 88 valence electrons. The highest BCUT2D eigenvalue weighted by Gasteiger charge is 2.09. The minimum atomic E-state index is -0.487. The molecule has 0 amide bonds. The number of halogens is 3. The van der Waals surface area contributed by atoms with Gasteiger partial charge in [-0.15, -0.1) is 0 Å². The third-order valence-electron chi connectivity index (χ3n) is 2.10. The van der Waals surface area contributed by atoms with Crippen molar-refractivity contribution >= 4 is 40.4 Å². The molecule has 0 aliphatic heterocycles. The topological polar surface area (TPSA) is 50.9 Å². The Balaban J connectivity index is 2.41. The van der Waals surface area contributed by atoms with E-state index in [0.717, 1.165) is 0 Å². The van der Waals surface area contributed by atoms with Gasteiger partial charge in [-0.25, -0.2) is 9.37 Å². The fraction of sp³-hybridized carbons (Fsp3) is 0. The summed E-state index contributed by atoms with van der Waals surface area (Å²) in [5, 5.41) is 3.22. The van der Waals surface area contributed by atoms with E-state index in [-0.39, 0.29) is 21.7 Å². The highest BCUT2D eigenvalue weighted by Crippen LogP contribution is 2.30. The van der Waals surface area contributed by atoms with E-state index in [1.807, 2.05) is 0 Å². The van der Waals surface area contributed by atoms with Gasteiger partial charge in [-0.2, -0.15) is 0 Å². The maximum absolute atomic E-state index is 13.5. The van der Waals surface area contributed by atoms with Crippen molar-refractivity contribution in [2.75, 3.05) is 11.1 Å². The summed E-state index contributed by atoms with van der Waals surface area (Å²) >= 11 is 11.6. The van der Waals surface area contributed by atoms with Crippen LogP contribution in [0.25, 0.3) is 0 Å². The van der Waals surface area contributed by atoms with Gasteiger partial charge in [-0.3, -0.25) is 0 Å². The van der Waals surface area contributed by atoms with Crippen LogP contribution in [0, 0.1) is 5.82 Å². The zero-order valence-electron chi connectivity index (χ0n) is 8.55. The quantitative estimate of drug-likeness (QED) is 0.816. The first-order valence-electron chi connectivity index (χ1n) is 4.71. The fourth-order valence-electron chi connectivity index (χ4n) is 1.28. The molecule has 0 fully saturated rings. The smallest absolute Gasteiger partial charge is 0.155 e. The molecule has 3 nitrogen and oxygen atoms in total. The van der Waals surface area contributed by atoms with Gasteiger partial charge in [0.15, 0.2) is 5.82 Å². The summed E-state index contributed by atoms with van der Waals surface area (Å²) in [5.74, 6) is -0.219. The van der Waals surface area contributed by atoms with E-state index in [4.69, 9.17) is 28.9 Å². The maximum Gasteiger partial charge on any atom is 0.155 e. The van der Waals surface area contributed by atoms with Crippen molar-refractivity contribution in [3.05, 3.63) is 46.3 Å². The number of nitrogen functional groups attached to an aromatic ring is 1.